The van der Waals surface area contributed by atoms with E-state index in [4.69, 9.17) is 16.3 Å². The van der Waals surface area contributed by atoms with Crippen molar-refractivity contribution in [1.82, 2.24) is 5.32 Å². The molecule has 2 aromatic carbocycles. The number of amidine groups is 1. The maximum absolute atomic E-state index is 12.1. The zero-order valence-corrected chi connectivity index (χ0v) is 14.7. The first kappa shape index (κ1) is 17.3. The standard InChI is InChI=1S/C18H13ClN2O3S/c1-24-14-8-7-11(9-13(14)19)10-15-17(23)21-18(25-15)20-16(22)12-5-3-2-4-6-12/h2-10H,1H3,(H,20,21,22,23)/b15-10-. The SMILES string of the molecule is COc1ccc(/C=C2\SC(=NC(=O)c3ccccc3)NC2=O)cc1Cl. The van der Waals surface area contributed by atoms with Crippen LogP contribution in [-0.2, 0) is 4.79 Å². The van der Waals surface area contributed by atoms with Crippen LogP contribution in [0, 0.1) is 0 Å². The number of aliphatic imine (C=N–C) groups is 1. The summed E-state index contributed by atoms with van der Waals surface area (Å²) in [7, 11) is 1.53. The minimum absolute atomic E-state index is 0.254. The first-order valence-corrected chi connectivity index (χ1v) is 8.49. The predicted molar refractivity (Wildman–Crippen MR) is 99.9 cm³/mol. The number of carbonyl (C=O) groups is 2. The van der Waals surface area contributed by atoms with Crippen molar-refractivity contribution in [3.8, 4) is 5.75 Å². The van der Waals surface area contributed by atoms with Crippen LogP contribution in [0.3, 0.4) is 0 Å². The zero-order chi connectivity index (χ0) is 17.8. The van der Waals surface area contributed by atoms with Crippen molar-refractivity contribution in [3.05, 3.63) is 69.6 Å². The Kier molecular flexibility index (Phi) is 5.21. The molecule has 1 heterocycles. The number of nitrogens with one attached hydrogen (secondary N) is 1. The van der Waals surface area contributed by atoms with Crippen LogP contribution in [0.15, 0.2) is 58.4 Å². The van der Waals surface area contributed by atoms with Gasteiger partial charge in [-0.25, -0.2) is 0 Å². The fraction of sp³-hybridized carbons (Fsp3) is 0.0556. The molecule has 0 radical (unpaired) electrons. The van der Waals surface area contributed by atoms with Gasteiger partial charge < -0.3 is 10.1 Å². The molecule has 0 atom stereocenters. The minimum atomic E-state index is -0.405. The molecule has 5 nitrogen and oxygen atoms in total. The Morgan fingerprint density at radius 1 is 1.24 bits per heavy atom. The highest BCUT2D eigenvalue weighted by Gasteiger charge is 2.24. The third-order valence-corrected chi connectivity index (χ3v) is 4.55. The number of methoxy groups -OCH3 is 1. The van der Waals surface area contributed by atoms with Crippen LogP contribution >= 0.6 is 23.4 Å². The third kappa shape index (κ3) is 4.10. The topological polar surface area (TPSA) is 67.8 Å². The molecule has 3 rings (SSSR count). The van der Waals surface area contributed by atoms with E-state index in [1.54, 1.807) is 48.5 Å². The van der Waals surface area contributed by atoms with Gasteiger partial charge in [-0.1, -0.05) is 35.9 Å². The Labute approximate surface area is 153 Å². The molecule has 0 bridgehead atoms. The first-order valence-electron chi connectivity index (χ1n) is 7.29. The fourth-order valence-electron chi connectivity index (χ4n) is 2.14. The Balaban J connectivity index is 1.79. The maximum Gasteiger partial charge on any atom is 0.279 e. The van der Waals surface area contributed by atoms with Gasteiger partial charge in [-0.2, -0.15) is 4.99 Å². The van der Waals surface area contributed by atoms with E-state index in [1.807, 2.05) is 6.07 Å². The number of rotatable bonds is 3. The lowest BCUT2D eigenvalue weighted by atomic mass is 10.2. The summed E-state index contributed by atoms with van der Waals surface area (Å²) >= 11 is 7.19. The van der Waals surface area contributed by atoms with Gasteiger partial charge >= 0.3 is 0 Å². The van der Waals surface area contributed by atoms with Gasteiger partial charge in [-0.15, -0.1) is 0 Å². The monoisotopic (exact) mass is 372 g/mol. The van der Waals surface area contributed by atoms with Gasteiger partial charge in [0.1, 0.15) is 5.75 Å². The molecule has 1 aliphatic rings. The van der Waals surface area contributed by atoms with E-state index in [-0.39, 0.29) is 11.1 Å². The number of thioether (sulfide) groups is 1. The zero-order valence-electron chi connectivity index (χ0n) is 13.2. The van der Waals surface area contributed by atoms with E-state index in [0.29, 0.717) is 21.2 Å². The molecule has 0 unspecified atom stereocenters. The second-order valence-electron chi connectivity index (χ2n) is 5.05. The fourth-order valence-corrected chi connectivity index (χ4v) is 3.23. The summed E-state index contributed by atoms with van der Waals surface area (Å²) in [6.07, 6.45) is 1.68. The van der Waals surface area contributed by atoms with Crippen molar-refractivity contribution >= 4 is 46.4 Å². The van der Waals surface area contributed by atoms with Gasteiger partial charge in [0, 0.05) is 5.56 Å². The van der Waals surface area contributed by atoms with Gasteiger partial charge in [0.05, 0.1) is 17.0 Å². The Morgan fingerprint density at radius 3 is 2.68 bits per heavy atom. The molecular formula is C18H13ClN2O3S. The number of benzene rings is 2. The number of amides is 2. The number of nitrogens with zero attached hydrogens (tertiary/aromatic N) is 1. The summed E-state index contributed by atoms with van der Waals surface area (Å²) in [5, 5.41) is 3.30. The largest absolute Gasteiger partial charge is 0.495 e. The minimum Gasteiger partial charge on any atom is -0.495 e. The molecule has 0 aliphatic carbocycles. The maximum atomic E-state index is 12.1. The van der Waals surface area contributed by atoms with Gasteiger partial charge in [-0.3, -0.25) is 9.59 Å². The first-order chi connectivity index (χ1) is 12.1. The van der Waals surface area contributed by atoms with Gasteiger partial charge in [-0.05, 0) is 47.7 Å². The Bertz CT molecular complexity index is 894. The van der Waals surface area contributed by atoms with Crippen molar-refractivity contribution in [2.45, 2.75) is 0 Å². The molecule has 2 amide bonds. The van der Waals surface area contributed by atoms with Crippen molar-refractivity contribution in [3.63, 3.8) is 0 Å². The average Bonchev–Trinajstić information content (AvgIpc) is 2.95. The number of hydrogen-bond acceptors (Lipinski definition) is 4. The third-order valence-electron chi connectivity index (χ3n) is 3.35. The summed E-state index contributed by atoms with van der Waals surface area (Å²) in [5.74, 6) is -0.156. The van der Waals surface area contributed by atoms with Crippen LogP contribution in [0.5, 0.6) is 5.75 Å². The van der Waals surface area contributed by atoms with E-state index in [0.717, 1.165) is 17.3 Å². The second-order valence-corrected chi connectivity index (χ2v) is 6.48. The van der Waals surface area contributed by atoms with E-state index in [2.05, 4.69) is 10.3 Å². The smallest absolute Gasteiger partial charge is 0.279 e. The highest BCUT2D eigenvalue weighted by atomic mass is 35.5. The van der Waals surface area contributed by atoms with E-state index in [9.17, 15) is 9.59 Å². The highest BCUT2D eigenvalue weighted by Crippen LogP contribution is 2.30. The normalized spacial score (nSPS) is 17.0. The Morgan fingerprint density at radius 2 is 2.00 bits per heavy atom. The molecule has 25 heavy (non-hydrogen) atoms. The number of carbonyl (C=O) groups excluding carboxylic acids is 2. The summed E-state index contributed by atoms with van der Waals surface area (Å²) in [5.41, 5.74) is 1.21. The molecule has 1 aliphatic heterocycles. The van der Waals surface area contributed by atoms with Crippen molar-refractivity contribution in [2.24, 2.45) is 4.99 Å². The Hall–Kier alpha value is -2.57. The molecule has 1 saturated heterocycles. The van der Waals surface area contributed by atoms with Gasteiger partial charge in [0.15, 0.2) is 5.17 Å². The highest BCUT2D eigenvalue weighted by molar-refractivity contribution is 8.18. The quantitative estimate of drug-likeness (QED) is 0.833. The number of ether oxygens (including phenoxy) is 1. The molecule has 1 fully saturated rings. The molecule has 2 aromatic rings. The van der Waals surface area contributed by atoms with Crippen LogP contribution in [-0.4, -0.2) is 24.1 Å². The molecule has 126 valence electrons. The van der Waals surface area contributed by atoms with E-state index in [1.165, 1.54) is 7.11 Å². The summed E-state index contributed by atoms with van der Waals surface area (Å²) in [6.45, 7) is 0. The van der Waals surface area contributed by atoms with Crippen LogP contribution < -0.4 is 10.1 Å². The average molecular weight is 373 g/mol. The molecule has 0 spiro atoms. The van der Waals surface area contributed by atoms with Crippen molar-refractivity contribution < 1.29 is 14.3 Å². The second kappa shape index (κ2) is 7.55. The number of hydrogen-bond donors (Lipinski definition) is 1. The molecule has 0 saturated carbocycles. The van der Waals surface area contributed by atoms with E-state index < -0.39 is 5.91 Å². The van der Waals surface area contributed by atoms with E-state index >= 15 is 0 Å². The summed E-state index contributed by atoms with van der Waals surface area (Å²) < 4.78 is 5.10. The van der Waals surface area contributed by atoms with Gasteiger partial charge in [0.2, 0.25) is 0 Å². The predicted octanol–water partition coefficient (Wildman–Crippen LogP) is 3.75. The summed E-state index contributed by atoms with van der Waals surface area (Å²) in [6, 6.07) is 13.9. The molecule has 1 N–H and O–H groups in total. The van der Waals surface area contributed by atoms with Crippen molar-refractivity contribution in [2.75, 3.05) is 7.11 Å². The van der Waals surface area contributed by atoms with Crippen LogP contribution in [0.25, 0.3) is 6.08 Å². The van der Waals surface area contributed by atoms with Gasteiger partial charge in [0.25, 0.3) is 11.8 Å². The molecule has 0 aromatic heterocycles. The van der Waals surface area contributed by atoms with Crippen molar-refractivity contribution in [1.29, 1.82) is 0 Å². The molecule has 7 heteroatoms. The van der Waals surface area contributed by atoms with Crippen LogP contribution in [0.2, 0.25) is 5.02 Å². The summed E-state index contributed by atoms with van der Waals surface area (Å²) in [4.78, 5) is 28.5. The lowest BCUT2D eigenvalue weighted by molar-refractivity contribution is -0.115. The lowest BCUT2D eigenvalue weighted by Crippen LogP contribution is -2.20. The number of halogens is 1. The van der Waals surface area contributed by atoms with Crippen LogP contribution in [0.4, 0.5) is 0 Å². The van der Waals surface area contributed by atoms with Crippen LogP contribution in [0.1, 0.15) is 15.9 Å². The molecular weight excluding hydrogens is 360 g/mol. The lowest BCUT2D eigenvalue weighted by Gasteiger charge is -2.03.